The van der Waals surface area contributed by atoms with Crippen LogP contribution in [0.15, 0.2) is 40.6 Å². The molecule has 0 amide bonds. The number of aromatic amines is 1. The van der Waals surface area contributed by atoms with Crippen LogP contribution in [0.3, 0.4) is 0 Å². The third kappa shape index (κ3) is 3.23. The Morgan fingerprint density at radius 2 is 2.18 bits per heavy atom. The number of benzene rings is 1. The molecule has 0 atom stereocenters. The Balaban J connectivity index is 1.69. The summed E-state index contributed by atoms with van der Waals surface area (Å²) in [5, 5.41) is 3.32. The number of nitrogens with one attached hydrogen (secondary N) is 3. The highest BCUT2D eigenvalue weighted by atomic mass is 35.5. The molecule has 1 aromatic carbocycles. The number of imidazole rings is 1. The molecule has 0 bridgehead atoms. The molecule has 3 rings (SSSR count). The molecule has 0 fully saturated rings. The summed E-state index contributed by atoms with van der Waals surface area (Å²) in [4.78, 5) is 11.3. The molecular formula is C13H14ClN5O2S. The minimum atomic E-state index is -3.64. The minimum Gasteiger partial charge on any atom is -0.348 e. The van der Waals surface area contributed by atoms with Gasteiger partial charge < -0.3 is 10.3 Å². The number of H-pyrrole nitrogens is 1. The van der Waals surface area contributed by atoms with Crippen molar-refractivity contribution in [1.82, 2.24) is 14.7 Å². The largest absolute Gasteiger partial charge is 0.348 e. The van der Waals surface area contributed by atoms with Crippen molar-refractivity contribution in [3.8, 4) is 0 Å². The number of aromatic nitrogens is 2. The third-order valence-electron chi connectivity index (χ3n) is 3.15. The van der Waals surface area contributed by atoms with Gasteiger partial charge in [0.25, 0.3) is 10.0 Å². The number of fused-ring (bicyclic) bond motifs is 1. The molecule has 0 aliphatic carbocycles. The van der Waals surface area contributed by atoms with Crippen molar-refractivity contribution in [1.29, 1.82) is 0 Å². The molecule has 9 heteroatoms. The van der Waals surface area contributed by atoms with Gasteiger partial charge in [-0.25, -0.2) is 18.1 Å². The molecule has 7 nitrogen and oxygen atoms in total. The van der Waals surface area contributed by atoms with Crippen LogP contribution in [0.2, 0.25) is 5.02 Å². The lowest BCUT2D eigenvalue weighted by Gasteiger charge is -2.21. The number of hydrogen-bond acceptors (Lipinski definition) is 4. The van der Waals surface area contributed by atoms with Crippen LogP contribution in [0, 0.1) is 0 Å². The van der Waals surface area contributed by atoms with Crippen LogP contribution in [-0.4, -0.2) is 30.9 Å². The average molecular weight is 340 g/mol. The number of aryl methyl sites for hydroxylation is 1. The van der Waals surface area contributed by atoms with Crippen LogP contribution in [0.4, 0.5) is 5.69 Å². The number of anilines is 1. The normalized spacial score (nSPS) is 17.6. The first-order chi connectivity index (χ1) is 10.5. The van der Waals surface area contributed by atoms with Gasteiger partial charge in [0, 0.05) is 23.5 Å². The maximum atomic E-state index is 12.2. The zero-order valence-electron chi connectivity index (χ0n) is 11.5. The van der Waals surface area contributed by atoms with Crippen LogP contribution in [0.1, 0.15) is 12.1 Å². The summed E-state index contributed by atoms with van der Waals surface area (Å²) >= 11 is 5.83. The topological polar surface area (TPSA) is 99.2 Å². The highest BCUT2D eigenvalue weighted by Gasteiger charge is 2.26. The van der Waals surface area contributed by atoms with E-state index in [-0.39, 0.29) is 10.9 Å². The monoisotopic (exact) mass is 339 g/mol. The number of halogens is 1. The Labute approximate surface area is 132 Å². The van der Waals surface area contributed by atoms with Gasteiger partial charge in [0.05, 0.1) is 12.0 Å². The molecule has 116 valence electrons. The molecule has 1 aliphatic rings. The lowest BCUT2D eigenvalue weighted by molar-refractivity contribution is 0.591. The van der Waals surface area contributed by atoms with Crippen molar-refractivity contribution >= 4 is 33.3 Å². The van der Waals surface area contributed by atoms with Gasteiger partial charge in [-0.2, -0.15) is 0 Å². The lowest BCUT2D eigenvalue weighted by atomic mass is 10.2. The molecular weight excluding hydrogens is 326 g/mol. The first-order valence-corrected chi connectivity index (χ1v) is 8.52. The summed E-state index contributed by atoms with van der Waals surface area (Å²) in [6.45, 7) is 0.493. The second-order valence-electron chi connectivity index (χ2n) is 4.78. The van der Waals surface area contributed by atoms with Crippen LogP contribution >= 0.6 is 11.6 Å². The summed E-state index contributed by atoms with van der Waals surface area (Å²) in [6, 6.07) is 4.65. The first-order valence-electron chi connectivity index (χ1n) is 6.66. The van der Waals surface area contributed by atoms with E-state index in [4.69, 9.17) is 11.6 Å². The van der Waals surface area contributed by atoms with E-state index >= 15 is 0 Å². The Bertz CT molecular complexity index is 802. The second-order valence-corrected chi connectivity index (χ2v) is 6.87. The fourth-order valence-electron chi connectivity index (χ4n) is 2.11. The van der Waals surface area contributed by atoms with Gasteiger partial charge in [0.2, 0.25) is 5.96 Å². The Morgan fingerprint density at radius 3 is 2.95 bits per heavy atom. The molecule has 0 unspecified atom stereocenters. The van der Waals surface area contributed by atoms with Crippen LogP contribution in [0.25, 0.3) is 0 Å². The van der Waals surface area contributed by atoms with E-state index in [2.05, 4.69) is 25.0 Å². The van der Waals surface area contributed by atoms with Crippen molar-refractivity contribution in [3.63, 3.8) is 0 Å². The van der Waals surface area contributed by atoms with E-state index in [1.807, 2.05) is 0 Å². The predicted octanol–water partition coefficient (Wildman–Crippen LogP) is 1.76. The maximum absolute atomic E-state index is 12.2. The van der Waals surface area contributed by atoms with E-state index in [9.17, 15) is 8.42 Å². The van der Waals surface area contributed by atoms with Gasteiger partial charge >= 0.3 is 0 Å². The summed E-state index contributed by atoms with van der Waals surface area (Å²) in [5.41, 5.74) is 1.49. The standard InChI is InChI=1S/C13H14ClN5O2S/c14-9-3-4-11-12(6-9)22(20,21)19-13(18-11)16-5-1-2-10-7-15-8-17-10/h3-4,6-8H,1-2,5H2,(H,15,17)(H2,16,18,19). The zero-order chi connectivity index (χ0) is 15.6. The van der Waals surface area contributed by atoms with Crippen LogP contribution < -0.4 is 10.0 Å². The fourth-order valence-corrected chi connectivity index (χ4v) is 3.52. The molecule has 1 aromatic heterocycles. The van der Waals surface area contributed by atoms with E-state index < -0.39 is 10.0 Å². The number of guanidine groups is 1. The third-order valence-corrected chi connectivity index (χ3v) is 4.76. The van der Waals surface area contributed by atoms with Crippen molar-refractivity contribution < 1.29 is 8.42 Å². The Kier molecular flexibility index (Phi) is 4.04. The summed E-state index contributed by atoms with van der Waals surface area (Å²) in [6.07, 6.45) is 4.97. The minimum absolute atomic E-state index is 0.122. The first kappa shape index (κ1) is 14.9. The van der Waals surface area contributed by atoms with Gasteiger partial charge in [-0.1, -0.05) is 11.6 Å². The molecule has 3 N–H and O–H groups in total. The summed E-state index contributed by atoms with van der Waals surface area (Å²) in [7, 11) is -3.64. The average Bonchev–Trinajstić information content (AvgIpc) is 2.97. The van der Waals surface area contributed by atoms with Crippen molar-refractivity contribution in [2.45, 2.75) is 17.7 Å². The molecule has 0 saturated heterocycles. The van der Waals surface area contributed by atoms with E-state index in [1.54, 1.807) is 24.7 Å². The number of rotatable bonds is 4. The summed E-state index contributed by atoms with van der Waals surface area (Å²) in [5.74, 6) is 0.222. The number of nitrogens with zero attached hydrogens (tertiary/aromatic N) is 2. The smallest absolute Gasteiger partial charge is 0.266 e. The highest BCUT2D eigenvalue weighted by Crippen LogP contribution is 2.27. The lowest BCUT2D eigenvalue weighted by Crippen LogP contribution is -2.40. The van der Waals surface area contributed by atoms with Crippen molar-refractivity contribution in [2.24, 2.45) is 4.99 Å². The molecule has 2 aromatic rings. The number of sulfonamides is 1. The van der Waals surface area contributed by atoms with Gasteiger partial charge in [-0.15, -0.1) is 0 Å². The van der Waals surface area contributed by atoms with Gasteiger partial charge in [-0.3, -0.25) is 4.99 Å². The van der Waals surface area contributed by atoms with E-state index in [0.717, 1.165) is 18.5 Å². The summed E-state index contributed by atoms with van der Waals surface area (Å²) < 4.78 is 26.7. The quantitative estimate of drug-likeness (QED) is 0.739. The Hall–Kier alpha value is -2.06. The molecule has 0 spiro atoms. The molecule has 0 saturated carbocycles. The fraction of sp³-hybridized carbons (Fsp3) is 0.231. The van der Waals surface area contributed by atoms with Crippen molar-refractivity contribution in [2.75, 3.05) is 11.9 Å². The Morgan fingerprint density at radius 1 is 1.32 bits per heavy atom. The zero-order valence-corrected chi connectivity index (χ0v) is 13.1. The highest BCUT2D eigenvalue weighted by molar-refractivity contribution is 7.90. The van der Waals surface area contributed by atoms with E-state index in [0.29, 0.717) is 17.3 Å². The molecule has 1 aliphatic heterocycles. The molecule has 2 heterocycles. The molecule has 22 heavy (non-hydrogen) atoms. The number of hydrogen-bond donors (Lipinski definition) is 3. The second kappa shape index (κ2) is 5.98. The van der Waals surface area contributed by atoms with Gasteiger partial charge in [0.15, 0.2) is 0 Å². The number of aliphatic imine (C=N–C) groups is 1. The molecule has 0 radical (unpaired) electrons. The van der Waals surface area contributed by atoms with Gasteiger partial charge in [0.1, 0.15) is 4.90 Å². The van der Waals surface area contributed by atoms with Crippen LogP contribution in [0.5, 0.6) is 0 Å². The maximum Gasteiger partial charge on any atom is 0.266 e. The van der Waals surface area contributed by atoms with Crippen LogP contribution in [-0.2, 0) is 16.4 Å². The van der Waals surface area contributed by atoms with Crippen molar-refractivity contribution in [3.05, 3.63) is 41.4 Å². The van der Waals surface area contributed by atoms with Gasteiger partial charge in [-0.05, 0) is 31.0 Å². The SMILES string of the molecule is O=S1(=O)NC(=NCCCc2cnc[nH]2)Nc2ccc(Cl)cc21. The predicted molar refractivity (Wildman–Crippen MR) is 84.6 cm³/mol. The van der Waals surface area contributed by atoms with E-state index in [1.165, 1.54) is 6.07 Å².